The van der Waals surface area contributed by atoms with Crippen molar-refractivity contribution >= 4 is 46.9 Å². The number of aromatic nitrogens is 2. The number of Topliss-reactive ketones (excluding diaryl/α,β-unsaturated/α-hetero) is 2. The summed E-state index contributed by atoms with van der Waals surface area (Å²) in [5.41, 5.74) is 13.2. The van der Waals surface area contributed by atoms with Crippen molar-refractivity contribution in [3.8, 4) is 5.69 Å². The number of guanidine groups is 1. The van der Waals surface area contributed by atoms with Gasteiger partial charge in [-0.05, 0) is 74.3 Å². The molecule has 14 heteroatoms. The third kappa shape index (κ3) is 14.6. The second-order valence-electron chi connectivity index (χ2n) is 14.3. The smallest absolute Gasteiger partial charge is 0.307 e. The lowest BCUT2D eigenvalue weighted by Gasteiger charge is -2.28. The Morgan fingerprint density at radius 3 is 2.20 bits per heavy atom. The van der Waals surface area contributed by atoms with E-state index >= 15 is 0 Å². The quantitative estimate of drug-likeness (QED) is 0.0482. The molecule has 300 valence electrons. The number of aryl methyl sites for hydroxylation is 1. The summed E-state index contributed by atoms with van der Waals surface area (Å²) in [6.45, 7) is 9.59. The van der Waals surface area contributed by atoms with E-state index in [0.717, 1.165) is 5.56 Å². The van der Waals surface area contributed by atoms with E-state index in [2.05, 4.69) is 20.7 Å². The van der Waals surface area contributed by atoms with Crippen LogP contribution in [0.4, 0.5) is 0 Å². The van der Waals surface area contributed by atoms with Gasteiger partial charge in [0.2, 0.25) is 5.91 Å². The summed E-state index contributed by atoms with van der Waals surface area (Å²) >= 11 is 6.17. The number of nitrogens with two attached hydrogens (primary N) is 2. The van der Waals surface area contributed by atoms with Gasteiger partial charge >= 0.3 is 5.97 Å². The number of ketones is 2. The molecule has 5 atom stereocenters. The van der Waals surface area contributed by atoms with Gasteiger partial charge in [0.1, 0.15) is 0 Å². The summed E-state index contributed by atoms with van der Waals surface area (Å²) in [5.74, 6) is -5.07. The highest BCUT2D eigenvalue weighted by Crippen LogP contribution is 2.23. The standard InChI is InChI=1S/C40H54ClN7O6.CH4/c1-6-25(4)36(35(50)22-29(39(53)54)20-27-12-8-7-9-13-27)46-37(51)28(18-24(2)3)21-34(49)32(16-11-17-44-40(42)43)45-38(52)33-19-26(5)48(47-33)31-15-10-14-30(41)23-31;/h7-10,12-15,19,23-25,28-29,32,36H,6,11,16-18,20-22H2,1-5H3,(H,45,52)(H,46,51)(H,53,54)(H4,42,43,44);1H4/t25-,28+,29+,32-,36-;/m0./s1. The number of rotatable bonds is 22. The zero-order valence-corrected chi connectivity index (χ0v) is 32.5. The molecule has 0 aliphatic rings. The number of benzene rings is 2. The van der Waals surface area contributed by atoms with E-state index in [1.165, 1.54) is 0 Å². The first-order valence-electron chi connectivity index (χ1n) is 18.4. The van der Waals surface area contributed by atoms with Crippen molar-refractivity contribution in [3.63, 3.8) is 0 Å². The molecule has 0 unspecified atom stereocenters. The SMILES string of the molecule is C.CC[C@H](C)[C@H](NC(=O)[C@@H](CC(=O)[C@H](CCCN=C(N)N)NC(=O)c1cc(C)n(-c2cccc(Cl)c2)n1)CC(C)C)C(=O)C[C@@H](Cc1ccccc1)C(=O)O. The van der Waals surface area contributed by atoms with E-state index in [0.29, 0.717) is 35.7 Å². The summed E-state index contributed by atoms with van der Waals surface area (Å²) in [7, 11) is 0. The molecule has 7 N–H and O–H groups in total. The molecule has 1 aromatic heterocycles. The van der Waals surface area contributed by atoms with Crippen LogP contribution in [0.3, 0.4) is 0 Å². The number of aliphatic carboxylic acids is 1. The molecule has 55 heavy (non-hydrogen) atoms. The summed E-state index contributed by atoms with van der Waals surface area (Å²) in [6.07, 6.45) is 1.15. The van der Waals surface area contributed by atoms with Crippen LogP contribution in [0.2, 0.25) is 5.02 Å². The van der Waals surface area contributed by atoms with Crippen LogP contribution in [0.1, 0.15) is 95.4 Å². The van der Waals surface area contributed by atoms with Crippen LogP contribution in [0.15, 0.2) is 65.7 Å². The Bertz CT molecular complexity index is 1770. The van der Waals surface area contributed by atoms with Gasteiger partial charge < -0.3 is 27.2 Å². The molecule has 1 heterocycles. The molecule has 3 rings (SSSR count). The molecule has 0 bridgehead atoms. The maximum atomic E-state index is 14.0. The van der Waals surface area contributed by atoms with Gasteiger partial charge in [0.05, 0.1) is 23.7 Å². The first-order valence-corrected chi connectivity index (χ1v) is 18.8. The molecule has 2 aromatic carbocycles. The van der Waals surface area contributed by atoms with Crippen molar-refractivity contribution < 1.29 is 29.1 Å². The molecule has 2 amide bonds. The predicted octanol–water partition coefficient (Wildman–Crippen LogP) is 5.68. The largest absolute Gasteiger partial charge is 0.481 e. The van der Waals surface area contributed by atoms with Crippen LogP contribution >= 0.6 is 11.6 Å². The Hall–Kier alpha value is -5.04. The Balaban J connectivity index is 0.0000105. The number of amides is 2. The number of carbonyl (C=O) groups excluding carboxylic acids is 4. The lowest BCUT2D eigenvalue weighted by molar-refractivity contribution is -0.144. The molecular weight excluding hydrogens is 722 g/mol. The second-order valence-corrected chi connectivity index (χ2v) is 14.7. The predicted molar refractivity (Wildman–Crippen MR) is 216 cm³/mol. The zero-order valence-electron chi connectivity index (χ0n) is 31.8. The van der Waals surface area contributed by atoms with Crippen LogP contribution in [0.5, 0.6) is 0 Å². The number of carboxylic acids is 1. The number of halogens is 1. The average molecular weight is 780 g/mol. The Morgan fingerprint density at radius 2 is 1.60 bits per heavy atom. The van der Waals surface area contributed by atoms with E-state index in [9.17, 15) is 29.1 Å². The molecule has 0 saturated heterocycles. The number of nitrogens with one attached hydrogen (secondary N) is 2. The van der Waals surface area contributed by atoms with Crippen molar-refractivity contribution in [2.24, 2.45) is 40.1 Å². The fourth-order valence-corrected chi connectivity index (χ4v) is 6.49. The Labute approximate surface area is 329 Å². The first kappa shape index (κ1) is 46.1. The third-order valence-corrected chi connectivity index (χ3v) is 9.60. The minimum Gasteiger partial charge on any atom is -0.481 e. The second kappa shape index (κ2) is 22.4. The topological polar surface area (TPSA) is 212 Å². The number of hydrogen-bond acceptors (Lipinski definition) is 7. The van der Waals surface area contributed by atoms with Crippen LogP contribution in [0.25, 0.3) is 5.69 Å². The van der Waals surface area contributed by atoms with Gasteiger partial charge in [-0.2, -0.15) is 5.10 Å². The van der Waals surface area contributed by atoms with E-state index in [1.807, 2.05) is 58.0 Å². The third-order valence-electron chi connectivity index (χ3n) is 9.37. The molecule has 0 spiro atoms. The molecule has 0 fully saturated rings. The van der Waals surface area contributed by atoms with Crippen LogP contribution in [-0.2, 0) is 25.6 Å². The lowest BCUT2D eigenvalue weighted by atomic mass is 9.85. The van der Waals surface area contributed by atoms with Gasteiger partial charge in [-0.25, -0.2) is 4.68 Å². The number of carbonyl (C=O) groups is 5. The van der Waals surface area contributed by atoms with Crippen molar-refractivity contribution in [3.05, 3.63) is 82.6 Å². The Morgan fingerprint density at radius 1 is 0.927 bits per heavy atom. The molecule has 0 saturated carbocycles. The summed E-state index contributed by atoms with van der Waals surface area (Å²) < 4.78 is 1.58. The molecule has 0 aliphatic heterocycles. The van der Waals surface area contributed by atoms with E-state index in [4.69, 9.17) is 23.1 Å². The van der Waals surface area contributed by atoms with Crippen molar-refractivity contribution in [2.75, 3.05) is 6.54 Å². The monoisotopic (exact) mass is 779 g/mol. The van der Waals surface area contributed by atoms with E-state index < -0.39 is 41.7 Å². The molecule has 0 aliphatic carbocycles. The highest BCUT2D eigenvalue weighted by molar-refractivity contribution is 6.30. The summed E-state index contributed by atoms with van der Waals surface area (Å²) in [4.78, 5) is 71.4. The van der Waals surface area contributed by atoms with E-state index in [1.54, 1.807) is 41.9 Å². The van der Waals surface area contributed by atoms with Gasteiger partial charge in [-0.15, -0.1) is 0 Å². The van der Waals surface area contributed by atoms with Gasteiger partial charge in [0.25, 0.3) is 5.91 Å². The van der Waals surface area contributed by atoms with Crippen molar-refractivity contribution in [2.45, 2.75) is 99.1 Å². The van der Waals surface area contributed by atoms with Gasteiger partial charge in [-0.3, -0.25) is 29.0 Å². The number of aliphatic imine (C=N–C) groups is 1. The van der Waals surface area contributed by atoms with Gasteiger partial charge in [0.15, 0.2) is 23.2 Å². The van der Waals surface area contributed by atoms with Gasteiger partial charge in [0, 0.05) is 36.0 Å². The maximum Gasteiger partial charge on any atom is 0.307 e. The highest BCUT2D eigenvalue weighted by atomic mass is 35.5. The summed E-state index contributed by atoms with van der Waals surface area (Å²) in [5, 5.41) is 20.6. The zero-order chi connectivity index (χ0) is 39.9. The molecule has 3 aromatic rings. The fraction of sp³-hybridized carbons (Fsp3) is 0.488. The maximum absolute atomic E-state index is 14.0. The van der Waals surface area contributed by atoms with Gasteiger partial charge in [-0.1, -0.05) is 89.5 Å². The van der Waals surface area contributed by atoms with E-state index in [-0.39, 0.29) is 74.7 Å². The van der Waals surface area contributed by atoms with Crippen molar-refractivity contribution in [1.29, 1.82) is 0 Å². The summed E-state index contributed by atoms with van der Waals surface area (Å²) in [6, 6.07) is 15.8. The lowest BCUT2D eigenvalue weighted by Crippen LogP contribution is -2.49. The fourth-order valence-electron chi connectivity index (χ4n) is 6.30. The van der Waals surface area contributed by atoms with Crippen molar-refractivity contribution in [1.82, 2.24) is 20.4 Å². The Kier molecular flexibility index (Phi) is 18.8. The van der Waals surface area contributed by atoms with Crippen LogP contribution in [0, 0.1) is 30.6 Å². The number of hydrogen-bond donors (Lipinski definition) is 5. The van der Waals surface area contributed by atoms with Crippen LogP contribution < -0.4 is 22.1 Å². The number of carboxylic acid groups (broad SMARTS) is 1. The number of nitrogens with zero attached hydrogens (tertiary/aromatic N) is 3. The molecule has 0 radical (unpaired) electrons. The first-order chi connectivity index (χ1) is 25.6. The van der Waals surface area contributed by atoms with Crippen LogP contribution in [-0.4, -0.2) is 68.8 Å². The minimum absolute atomic E-state index is 0. The minimum atomic E-state index is -1.09. The average Bonchev–Trinajstić information content (AvgIpc) is 3.52. The molecular formula is C41H58ClN7O6. The molecule has 13 nitrogen and oxygen atoms in total. The normalized spacial score (nSPS) is 13.7. The highest BCUT2D eigenvalue weighted by Gasteiger charge is 2.34.